The average molecular weight is 389 g/mol. The quantitative estimate of drug-likeness (QED) is 0.522. The normalized spacial score (nSPS) is 16.8. The Bertz CT molecular complexity index is 1210. The molecule has 2 N–H and O–H groups in total. The van der Waals surface area contributed by atoms with Crippen LogP contribution in [-0.4, -0.2) is 26.9 Å². The summed E-state index contributed by atoms with van der Waals surface area (Å²) in [7, 11) is 0. The lowest BCUT2D eigenvalue weighted by molar-refractivity contribution is -0.119. The van der Waals surface area contributed by atoms with Crippen LogP contribution >= 0.6 is 11.3 Å². The van der Waals surface area contributed by atoms with E-state index in [-0.39, 0.29) is 5.91 Å². The van der Waals surface area contributed by atoms with E-state index in [0.29, 0.717) is 5.69 Å². The van der Waals surface area contributed by atoms with Gasteiger partial charge in [0.1, 0.15) is 11.0 Å². The third-order valence-electron chi connectivity index (χ3n) is 4.73. The fourth-order valence-corrected chi connectivity index (χ4v) is 4.21. The second kappa shape index (κ2) is 6.28. The Kier molecular flexibility index (Phi) is 3.73. The number of rotatable bonds is 3. The molecule has 0 radical (unpaired) electrons. The number of aryl methyl sites for hydroxylation is 1. The fraction of sp³-hybridized carbons (Fsp3) is 0.100. The van der Waals surface area contributed by atoms with Gasteiger partial charge in [0.2, 0.25) is 0 Å². The smallest absolute Gasteiger partial charge is 0.329 e. The van der Waals surface area contributed by atoms with Crippen molar-refractivity contribution in [3.05, 3.63) is 65.4 Å². The van der Waals surface area contributed by atoms with Crippen LogP contribution in [0, 0.1) is 6.92 Å². The number of nitrogens with one attached hydrogen (secondary N) is 2. The number of imide groups is 1. The standard InChI is InChI=1S/C20H15N5O2S/c1-11-9-28-19(23-11)13-4-2-12(3-5-13)17-18(26)24-20(27)25(17)14-6-7-15-16(8-14)22-10-21-15/h2-10,17H,1H3,(H,21,22)(H,24,26,27). The summed E-state index contributed by atoms with van der Waals surface area (Å²) in [5.41, 5.74) is 4.93. The zero-order valence-electron chi connectivity index (χ0n) is 14.8. The molecule has 4 aromatic rings. The number of imidazole rings is 1. The Morgan fingerprint density at radius 3 is 2.68 bits per heavy atom. The number of H-pyrrole nitrogens is 1. The predicted molar refractivity (Wildman–Crippen MR) is 107 cm³/mol. The summed E-state index contributed by atoms with van der Waals surface area (Å²) >= 11 is 1.58. The fourth-order valence-electron chi connectivity index (χ4n) is 3.40. The van der Waals surface area contributed by atoms with Crippen LogP contribution in [0.5, 0.6) is 0 Å². The van der Waals surface area contributed by atoms with Gasteiger partial charge in [-0.25, -0.2) is 14.8 Å². The Balaban J connectivity index is 1.53. The number of aromatic amines is 1. The van der Waals surface area contributed by atoms with Crippen LogP contribution in [0.25, 0.3) is 21.6 Å². The van der Waals surface area contributed by atoms with E-state index >= 15 is 0 Å². The van der Waals surface area contributed by atoms with Gasteiger partial charge in [-0.2, -0.15) is 0 Å². The lowest BCUT2D eigenvalue weighted by Crippen LogP contribution is -2.29. The first-order valence-electron chi connectivity index (χ1n) is 8.70. The molecule has 0 aliphatic carbocycles. The second-order valence-corrected chi connectivity index (χ2v) is 7.45. The molecule has 2 aromatic heterocycles. The lowest BCUT2D eigenvalue weighted by Gasteiger charge is -2.22. The minimum atomic E-state index is -0.722. The number of benzene rings is 2. The van der Waals surface area contributed by atoms with Crippen molar-refractivity contribution in [2.24, 2.45) is 0 Å². The van der Waals surface area contributed by atoms with Crippen molar-refractivity contribution >= 4 is 40.0 Å². The van der Waals surface area contributed by atoms with Gasteiger partial charge in [-0.3, -0.25) is 15.0 Å². The number of anilines is 1. The first kappa shape index (κ1) is 16.6. The molecule has 3 amide bonds. The van der Waals surface area contributed by atoms with Crippen molar-refractivity contribution in [3.63, 3.8) is 0 Å². The van der Waals surface area contributed by atoms with Gasteiger partial charge >= 0.3 is 6.03 Å². The van der Waals surface area contributed by atoms with Gasteiger partial charge in [-0.15, -0.1) is 11.3 Å². The van der Waals surface area contributed by atoms with Gasteiger partial charge in [0.05, 0.1) is 17.4 Å². The molecular formula is C20H15N5O2S. The van der Waals surface area contributed by atoms with Crippen molar-refractivity contribution in [1.29, 1.82) is 0 Å². The zero-order chi connectivity index (χ0) is 19.3. The van der Waals surface area contributed by atoms with Crippen LogP contribution in [0.1, 0.15) is 17.3 Å². The Morgan fingerprint density at radius 2 is 1.93 bits per heavy atom. The number of thiazole rings is 1. The number of hydrogen-bond donors (Lipinski definition) is 2. The molecule has 1 aliphatic rings. The average Bonchev–Trinajstić information content (AvgIpc) is 3.40. The number of hydrogen-bond acceptors (Lipinski definition) is 5. The molecule has 0 spiro atoms. The highest BCUT2D eigenvalue weighted by Gasteiger charge is 2.40. The molecule has 0 bridgehead atoms. The molecule has 138 valence electrons. The number of carbonyl (C=O) groups is 2. The molecule has 3 heterocycles. The molecule has 0 saturated carbocycles. The highest BCUT2D eigenvalue weighted by molar-refractivity contribution is 7.13. The van der Waals surface area contributed by atoms with Crippen molar-refractivity contribution in [3.8, 4) is 10.6 Å². The molecule has 8 heteroatoms. The van der Waals surface area contributed by atoms with E-state index < -0.39 is 12.1 Å². The van der Waals surface area contributed by atoms with E-state index in [4.69, 9.17) is 0 Å². The summed E-state index contributed by atoms with van der Waals surface area (Å²) in [5, 5.41) is 5.35. The first-order valence-corrected chi connectivity index (χ1v) is 9.58. The van der Waals surface area contributed by atoms with Crippen molar-refractivity contribution in [2.75, 3.05) is 4.90 Å². The molecule has 5 rings (SSSR count). The monoisotopic (exact) mass is 389 g/mol. The Labute approximate surface area is 164 Å². The number of urea groups is 1. The van der Waals surface area contributed by atoms with Crippen LogP contribution in [-0.2, 0) is 4.79 Å². The van der Waals surface area contributed by atoms with Crippen LogP contribution in [0.2, 0.25) is 0 Å². The van der Waals surface area contributed by atoms with Crippen LogP contribution < -0.4 is 10.2 Å². The summed E-state index contributed by atoms with van der Waals surface area (Å²) in [6.45, 7) is 1.96. The van der Waals surface area contributed by atoms with Gasteiger partial charge in [0.15, 0.2) is 0 Å². The van der Waals surface area contributed by atoms with E-state index in [9.17, 15) is 9.59 Å². The summed E-state index contributed by atoms with van der Waals surface area (Å²) in [4.78, 5) is 38.2. The maximum absolute atomic E-state index is 12.5. The maximum atomic E-state index is 12.5. The summed E-state index contributed by atoms with van der Waals surface area (Å²) in [6.07, 6.45) is 1.60. The Hall–Kier alpha value is -3.52. The molecule has 1 unspecified atom stereocenters. The van der Waals surface area contributed by atoms with Crippen molar-refractivity contribution in [2.45, 2.75) is 13.0 Å². The molecule has 1 aliphatic heterocycles. The highest BCUT2D eigenvalue weighted by Crippen LogP contribution is 2.34. The summed E-state index contributed by atoms with van der Waals surface area (Å²) < 4.78 is 0. The van der Waals surface area contributed by atoms with Crippen LogP contribution in [0.4, 0.5) is 10.5 Å². The summed E-state index contributed by atoms with van der Waals surface area (Å²) in [6, 6.07) is 11.9. The van der Waals surface area contributed by atoms with Gasteiger partial charge in [0.25, 0.3) is 5.91 Å². The number of carbonyl (C=O) groups excluding carboxylic acids is 2. The lowest BCUT2D eigenvalue weighted by atomic mass is 10.0. The minimum Gasteiger partial charge on any atom is -0.345 e. The van der Waals surface area contributed by atoms with Gasteiger partial charge in [-0.05, 0) is 30.7 Å². The number of amides is 3. The van der Waals surface area contributed by atoms with E-state index in [2.05, 4.69) is 20.3 Å². The minimum absolute atomic E-state index is 0.340. The SMILES string of the molecule is Cc1csc(-c2ccc(C3C(=O)NC(=O)N3c3ccc4nc[nH]c4c3)cc2)n1. The highest BCUT2D eigenvalue weighted by atomic mass is 32.1. The molecule has 1 fully saturated rings. The molecular weight excluding hydrogens is 374 g/mol. The van der Waals surface area contributed by atoms with E-state index in [0.717, 1.165) is 32.9 Å². The Morgan fingerprint density at radius 1 is 1.11 bits per heavy atom. The first-order chi connectivity index (χ1) is 13.6. The molecule has 7 nitrogen and oxygen atoms in total. The van der Waals surface area contributed by atoms with Crippen molar-refractivity contribution in [1.82, 2.24) is 20.3 Å². The zero-order valence-corrected chi connectivity index (χ0v) is 15.7. The van der Waals surface area contributed by atoms with Crippen LogP contribution in [0.15, 0.2) is 54.2 Å². The summed E-state index contributed by atoms with van der Waals surface area (Å²) in [5.74, 6) is -0.340. The third kappa shape index (κ3) is 2.66. The topological polar surface area (TPSA) is 91.0 Å². The maximum Gasteiger partial charge on any atom is 0.329 e. The largest absolute Gasteiger partial charge is 0.345 e. The van der Waals surface area contributed by atoms with Crippen LogP contribution in [0.3, 0.4) is 0 Å². The predicted octanol–water partition coefficient (Wildman–Crippen LogP) is 3.79. The van der Waals surface area contributed by atoms with Gasteiger partial charge in [-0.1, -0.05) is 24.3 Å². The van der Waals surface area contributed by atoms with Gasteiger partial charge in [0, 0.05) is 22.3 Å². The molecule has 1 atom stereocenters. The molecule has 2 aromatic carbocycles. The second-order valence-electron chi connectivity index (χ2n) is 6.59. The van der Waals surface area contributed by atoms with E-state index in [1.807, 2.05) is 48.7 Å². The molecule has 28 heavy (non-hydrogen) atoms. The number of nitrogens with zero attached hydrogens (tertiary/aromatic N) is 3. The number of aromatic nitrogens is 3. The van der Waals surface area contributed by atoms with Gasteiger partial charge < -0.3 is 4.98 Å². The number of fused-ring (bicyclic) bond motifs is 1. The van der Waals surface area contributed by atoms with E-state index in [1.54, 1.807) is 23.7 Å². The van der Waals surface area contributed by atoms with E-state index in [1.165, 1.54) is 4.90 Å². The van der Waals surface area contributed by atoms with Crippen molar-refractivity contribution < 1.29 is 9.59 Å². The molecule has 1 saturated heterocycles. The third-order valence-corrected chi connectivity index (χ3v) is 5.74.